The highest BCUT2D eigenvalue weighted by Crippen LogP contribution is 2.32. The number of phenols is 1. The molecule has 0 aliphatic carbocycles. The van der Waals surface area contributed by atoms with Crippen molar-refractivity contribution in [2.24, 2.45) is 11.5 Å². The summed E-state index contributed by atoms with van der Waals surface area (Å²) in [5.74, 6) is 0.695. The summed E-state index contributed by atoms with van der Waals surface area (Å²) in [6, 6.07) is 3.61. The molecular formula is C22H32N6O. The molecule has 7 heteroatoms. The van der Waals surface area contributed by atoms with Crippen LogP contribution in [0.1, 0.15) is 46.1 Å². The first-order valence-electron chi connectivity index (χ1n) is 9.87. The number of hydrogen-bond donors (Lipinski definition) is 4. The monoisotopic (exact) mass is 396 g/mol. The molecule has 3 rings (SSSR count). The summed E-state index contributed by atoms with van der Waals surface area (Å²) in [5, 5.41) is 14.0. The fraction of sp³-hybridized carbons (Fsp3) is 0.455. The van der Waals surface area contributed by atoms with Gasteiger partial charge in [0.15, 0.2) is 0 Å². The van der Waals surface area contributed by atoms with Crippen LogP contribution >= 0.6 is 0 Å². The molecule has 1 aromatic heterocycles. The second-order valence-corrected chi connectivity index (χ2v) is 9.19. The van der Waals surface area contributed by atoms with Gasteiger partial charge in [0.05, 0.1) is 16.9 Å². The van der Waals surface area contributed by atoms with Crippen LogP contribution in [-0.4, -0.2) is 44.1 Å². The highest BCUT2D eigenvalue weighted by Gasteiger charge is 2.39. The van der Waals surface area contributed by atoms with Crippen molar-refractivity contribution in [3.63, 3.8) is 0 Å². The predicted molar refractivity (Wildman–Crippen MR) is 118 cm³/mol. The minimum Gasteiger partial charge on any atom is -0.507 e. The molecule has 156 valence electrons. The Morgan fingerprint density at radius 1 is 1.07 bits per heavy atom. The molecule has 0 atom stereocenters. The number of benzene rings is 1. The summed E-state index contributed by atoms with van der Waals surface area (Å²) < 4.78 is 0. The molecule has 0 radical (unpaired) electrons. The molecule has 1 aliphatic rings. The van der Waals surface area contributed by atoms with E-state index in [4.69, 9.17) is 11.5 Å². The molecule has 0 spiro atoms. The lowest BCUT2D eigenvalue weighted by Crippen LogP contribution is -2.61. The van der Waals surface area contributed by atoms with Crippen molar-refractivity contribution >= 4 is 16.7 Å². The summed E-state index contributed by atoms with van der Waals surface area (Å²) in [6.07, 6.45) is 8.69. The molecule has 0 saturated carbocycles. The number of phenolic OH excluding ortho intramolecular Hbond substituents is 1. The topological polar surface area (TPSA) is 113 Å². The number of hydrogen-bond acceptors (Lipinski definition) is 7. The smallest absolute Gasteiger partial charge is 0.127 e. The second kappa shape index (κ2) is 7.55. The molecule has 0 unspecified atom stereocenters. The van der Waals surface area contributed by atoms with Gasteiger partial charge in [-0.15, -0.1) is 0 Å². The Balaban J connectivity index is 1.82. The Morgan fingerprint density at radius 2 is 1.62 bits per heavy atom. The third-order valence-electron chi connectivity index (χ3n) is 5.46. The molecule has 7 nitrogen and oxygen atoms in total. The summed E-state index contributed by atoms with van der Waals surface area (Å²) in [4.78, 5) is 10.6. The Kier molecular flexibility index (Phi) is 5.45. The number of fused-ring (bicyclic) bond motifs is 1. The zero-order valence-corrected chi connectivity index (χ0v) is 17.9. The van der Waals surface area contributed by atoms with Crippen LogP contribution in [0, 0.1) is 0 Å². The molecule has 0 amide bonds. The van der Waals surface area contributed by atoms with Crippen LogP contribution in [0.4, 0.5) is 0 Å². The third kappa shape index (κ3) is 4.79. The van der Waals surface area contributed by atoms with Crippen molar-refractivity contribution in [2.45, 2.75) is 57.7 Å². The minimum atomic E-state index is 0.0355. The Morgan fingerprint density at radius 3 is 2.21 bits per heavy atom. The molecule has 1 aromatic carbocycles. The van der Waals surface area contributed by atoms with E-state index >= 15 is 0 Å². The lowest BCUT2D eigenvalue weighted by Gasteiger charge is -2.49. The van der Waals surface area contributed by atoms with Crippen LogP contribution in [0.15, 0.2) is 42.5 Å². The number of nitrogens with two attached hydrogens (primary N) is 2. The van der Waals surface area contributed by atoms with Gasteiger partial charge < -0.3 is 26.8 Å². The van der Waals surface area contributed by atoms with Crippen molar-refractivity contribution in [3.8, 4) is 5.75 Å². The van der Waals surface area contributed by atoms with Crippen molar-refractivity contribution in [1.29, 1.82) is 0 Å². The van der Waals surface area contributed by atoms with Gasteiger partial charge in [-0.05, 0) is 58.8 Å². The number of nitrogens with one attached hydrogen (secondary N) is 1. The fourth-order valence-electron chi connectivity index (χ4n) is 4.37. The number of aromatic hydroxyl groups is 1. The largest absolute Gasteiger partial charge is 0.507 e. The first-order chi connectivity index (χ1) is 13.5. The maximum atomic E-state index is 10.3. The van der Waals surface area contributed by atoms with Gasteiger partial charge in [-0.25, -0.2) is 0 Å². The van der Waals surface area contributed by atoms with E-state index in [-0.39, 0.29) is 16.8 Å². The molecule has 1 aliphatic heterocycles. The first kappa shape index (κ1) is 20.9. The standard InChI is InChI=1S/C22H32N6O/c1-21(2)12-14(13-22(3,4)27-21)28(5)20(24)7-6-16(23)15-10-17-18(11-19(15)29)26-9-8-25-17/h6-11,14,27,29H,12-13,23-24H2,1-5H3/b16-6-,20-7+. The van der Waals surface area contributed by atoms with Gasteiger partial charge in [-0.3, -0.25) is 9.97 Å². The highest BCUT2D eigenvalue weighted by molar-refractivity contribution is 5.83. The second-order valence-electron chi connectivity index (χ2n) is 9.19. The molecule has 6 N–H and O–H groups in total. The van der Waals surface area contributed by atoms with Crippen LogP contribution < -0.4 is 16.8 Å². The van der Waals surface area contributed by atoms with Crippen LogP contribution in [0.5, 0.6) is 5.75 Å². The lowest BCUT2D eigenvalue weighted by atomic mass is 9.79. The van der Waals surface area contributed by atoms with E-state index in [0.717, 1.165) is 12.8 Å². The van der Waals surface area contributed by atoms with Crippen molar-refractivity contribution in [2.75, 3.05) is 7.05 Å². The van der Waals surface area contributed by atoms with Crippen LogP contribution in [0.25, 0.3) is 16.7 Å². The van der Waals surface area contributed by atoms with Gasteiger partial charge in [-0.1, -0.05) is 0 Å². The molecule has 1 fully saturated rings. The van der Waals surface area contributed by atoms with Gasteiger partial charge in [-0.2, -0.15) is 0 Å². The molecule has 2 heterocycles. The minimum absolute atomic E-state index is 0.0355. The molecule has 2 aromatic rings. The van der Waals surface area contributed by atoms with Crippen LogP contribution in [0.3, 0.4) is 0 Å². The van der Waals surface area contributed by atoms with E-state index in [1.165, 1.54) is 0 Å². The van der Waals surface area contributed by atoms with Crippen molar-refractivity contribution in [1.82, 2.24) is 20.2 Å². The Hall–Kier alpha value is -2.80. The summed E-state index contributed by atoms with van der Waals surface area (Å²) in [7, 11) is 2.01. The number of allylic oxidation sites excluding steroid dienone is 2. The molecule has 1 saturated heterocycles. The first-order valence-corrected chi connectivity index (χ1v) is 9.87. The lowest BCUT2D eigenvalue weighted by molar-refractivity contribution is 0.0981. The number of nitrogens with zero attached hydrogens (tertiary/aromatic N) is 3. The van der Waals surface area contributed by atoms with Crippen LogP contribution in [-0.2, 0) is 0 Å². The average molecular weight is 397 g/mol. The molecule has 29 heavy (non-hydrogen) atoms. The third-order valence-corrected chi connectivity index (χ3v) is 5.46. The average Bonchev–Trinajstić information content (AvgIpc) is 2.62. The van der Waals surface area contributed by atoms with Gasteiger partial charge in [0, 0.05) is 53.9 Å². The normalized spacial score (nSPS) is 20.0. The van der Waals surface area contributed by atoms with Crippen LogP contribution in [0.2, 0.25) is 0 Å². The van der Waals surface area contributed by atoms with Gasteiger partial charge in [0.1, 0.15) is 5.75 Å². The number of aromatic nitrogens is 2. The van der Waals surface area contributed by atoms with Gasteiger partial charge >= 0.3 is 0 Å². The molecule has 0 bridgehead atoms. The number of piperidine rings is 1. The van der Waals surface area contributed by atoms with Gasteiger partial charge in [0.25, 0.3) is 0 Å². The maximum absolute atomic E-state index is 10.3. The highest BCUT2D eigenvalue weighted by atomic mass is 16.3. The zero-order valence-electron chi connectivity index (χ0n) is 17.9. The van der Waals surface area contributed by atoms with Crippen molar-refractivity contribution in [3.05, 3.63) is 48.1 Å². The predicted octanol–water partition coefficient (Wildman–Crippen LogP) is 2.68. The van der Waals surface area contributed by atoms with E-state index in [2.05, 4.69) is 47.9 Å². The summed E-state index contributed by atoms with van der Waals surface area (Å²) in [6.45, 7) is 8.88. The quantitative estimate of drug-likeness (QED) is 0.588. The van der Waals surface area contributed by atoms with E-state index < -0.39 is 0 Å². The summed E-state index contributed by atoms with van der Waals surface area (Å²) >= 11 is 0. The Labute approximate surface area is 172 Å². The maximum Gasteiger partial charge on any atom is 0.127 e. The SMILES string of the molecule is CN(/C(N)=C/C=C(\N)c1cc2nccnc2cc1O)C1CC(C)(C)NC(C)(C)C1. The molecular weight excluding hydrogens is 364 g/mol. The van der Waals surface area contributed by atoms with E-state index in [1.807, 2.05) is 7.05 Å². The summed E-state index contributed by atoms with van der Waals surface area (Å²) in [5.41, 5.74) is 14.9. The number of rotatable bonds is 4. The fourth-order valence-corrected chi connectivity index (χ4v) is 4.37. The van der Waals surface area contributed by atoms with Gasteiger partial charge in [0.2, 0.25) is 0 Å². The van der Waals surface area contributed by atoms with E-state index in [0.29, 0.717) is 34.2 Å². The van der Waals surface area contributed by atoms with Crippen molar-refractivity contribution < 1.29 is 5.11 Å². The van der Waals surface area contributed by atoms with E-state index in [9.17, 15) is 5.11 Å². The van der Waals surface area contributed by atoms with E-state index in [1.54, 1.807) is 36.7 Å². The Bertz CT molecular complexity index is 947. The zero-order chi connectivity index (χ0) is 21.4.